The quantitative estimate of drug-likeness (QED) is 0.0472. The molecule has 78 heavy (non-hydrogen) atoms. The zero-order valence-corrected chi connectivity index (χ0v) is 44.6. The zero-order chi connectivity index (χ0) is 53.7. The van der Waals surface area contributed by atoms with Crippen molar-refractivity contribution >= 4 is 91.3 Å². The molecule has 1 aliphatic heterocycles. The lowest BCUT2D eigenvalue weighted by atomic mass is 9.85. The van der Waals surface area contributed by atoms with Crippen LogP contribution in [0, 0.1) is 0 Å². The van der Waals surface area contributed by atoms with E-state index in [4.69, 9.17) is 37.3 Å². The second-order valence-corrected chi connectivity index (χ2v) is 22.6. The van der Waals surface area contributed by atoms with Gasteiger partial charge < -0.3 is 22.3 Å². The number of aryl methyl sites for hydroxylation is 4. The van der Waals surface area contributed by atoms with E-state index in [0.29, 0.717) is 69.2 Å². The molecule has 2 aliphatic carbocycles. The number of nitrogens with zero attached hydrogens (tertiary/aromatic N) is 3. The fraction of sp³-hybridized carbons (Fsp3) is 0.200. The second kappa shape index (κ2) is 19.3. The summed E-state index contributed by atoms with van der Waals surface area (Å²) in [6, 6.07) is 41.4. The molecule has 10 aromatic rings. The average Bonchev–Trinajstić information content (AvgIpc) is 3.32. The van der Waals surface area contributed by atoms with Gasteiger partial charge in [-0.15, -0.1) is 0 Å². The van der Waals surface area contributed by atoms with Crippen molar-refractivity contribution in [1.29, 1.82) is 0 Å². The maximum atomic E-state index is 15.8. The number of aliphatic imine (C=N–C) groups is 1. The molecular formula is C65H50BCl2F2N3O5-. The van der Waals surface area contributed by atoms with Gasteiger partial charge in [-0.05, 0) is 156 Å². The number of esters is 1. The topological polar surface area (TPSA) is 95.8 Å². The van der Waals surface area contributed by atoms with Crippen molar-refractivity contribution in [3.8, 4) is 22.7 Å². The molecule has 3 aromatic heterocycles. The van der Waals surface area contributed by atoms with Crippen LogP contribution in [-0.2, 0) is 35.9 Å². The van der Waals surface area contributed by atoms with Crippen LogP contribution in [0.5, 0.6) is 5.75 Å². The monoisotopic (exact) mass is 1070 g/mol. The average molecular weight is 1070 g/mol. The molecule has 0 N–H and O–H groups in total. The fourth-order valence-electron chi connectivity index (χ4n) is 12.1. The minimum atomic E-state index is -2.91. The smallest absolute Gasteiger partial charge is 0.341 e. The Bertz CT molecular complexity index is 4330. The number of carbonyl (C=O) groups excluding carboxylic acids is 1. The third kappa shape index (κ3) is 8.41. The third-order valence-electron chi connectivity index (χ3n) is 15.9. The summed E-state index contributed by atoms with van der Waals surface area (Å²) in [5.41, 5.74) is 11.3. The van der Waals surface area contributed by atoms with E-state index in [0.717, 1.165) is 103 Å². The van der Waals surface area contributed by atoms with Gasteiger partial charge in [0.05, 0.1) is 27.1 Å². The van der Waals surface area contributed by atoms with E-state index in [2.05, 4.69) is 45.0 Å². The Balaban J connectivity index is 0.770. The molecule has 7 aromatic carbocycles. The summed E-state index contributed by atoms with van der Waals surface area (Å²) in [4.78, 5) is 47.2. The Kier molecular flexibility index (Phi) is 12.3. The van der Waals surface area contributed by atoms with E-state index in [9.17, 15) is 14.4 Å². The summed E-state index contributed by atoms with van der Waals surface area (Å²) in [6.45, 7) is 6.47. The molecule has 0 saturated carbocycles. The van der Waals surface area contributed by atoms with Gasteiger partial charge in [0.15, 0.2) is 0 Å². The molecule has 0 bridgehead atoms. The van der Waals surface area contributed by atoms with E-state index in [1.807, 2.05) is 72.8 Å². The van der Waals surface area contributed by atoms with Crippen molar-refractivity contribution in [2.24, 2.45) is 4.99 Å². The zero-order valence-electron chi connectivity index (χ0n) is 43.1. The number of rotatable bonds is 9. The van der Waals surface area contributed by atoms with Crippen LogP contribution in [0.15, 0.2) is 170 Å². The van der Waals surface area contributed by atoms with Gasteiger partial charge in [-0.2, -0.15) is 0 Å². The number of hydrogen-bond donors (Lipinski definition) is 0. The number of carbonyl (C=O) groups is 1. The molecule has 0 fully saturated rings. The van der Waals surface area contributed by atoms with Gasteiger partial charge in [0.1, 0.15) is 16.9 Å². The van der Waals surface area contributed by atoms with Gasteiger partial charge in [-0.3, -0.25) is 14.4 Å². The molecular weight excluding hydrogens is 1020 g/mol. The summed E-state index contributed by atoms with van der Waals surface area (Å²) in [5, 5.41) is 4.24. The molecule has 0 spiro atoms. The van der Waals surface area contributed by atoms with Gasteiger partial charge >= 0.3 is 13.4 Å². The third-order valence-corrected chi connectivity index (χ3v) is 16.5. The second-order valence-electron chi connectivity index (χ2n) is 21.7. The highest BCUT2D eigenvalue weighted by molar-refractivity contribution is 6.43. The van der Waals surface area contributed by atoms with Crippen LogP contribution < -0.4 is 15.9 Å². The predicted molar refractivity (Wildman–Crippen MR) is 311 cm³/mol. The number of aromatic nitrogens is 2. The first-order valence-electron chi connectivity index (χ1n) is 26.5. The van der Waals surface area contributed by atoms with Gasteiger partial charge in [0, 0.05) is 73.6 Å². The van der Waals surface area contributed by atoms with Crippen molar-refractivity contribution in [1.82, 2.24) is 9.05 Å². The lowest BCUT2D eigenvalue weighted by Crippen LogP contribution is -2.31. The van der Waals surface area contributed by atoms with E-state index >= 15 is 8.63 Å². The normalized spacial score (nSPS) is 15.0. The van der Waals surface area contributed by atoms with Crippen LogP contribution in [0.3, 0.4) is 0 Å². The number of hydrogen-bond acceptors (Lipinski definition) is 6. The Morgan fingerprint density at radius 2 is 1.35 bits per heavy atom. The van der Waals surface area contributed by atoms with Crippen molar-refractivity contribution < 1.29 is 22.6 Å². The number of fused-ring (bicyclic) bond motifs is 8. The summed E-state index contributed by atoms with van der Waals surface area (Å²) in [7, 11) is -2.91. The van der Waals surface area contributed by atoms with Gasteiger partial charge in [0.2, 0.25) is 0 Å². The first-order valence-corrected chi connectivity index (χ1v) is 27.3. The number of allylic oxidation sites excluding steroid dienone is 2. The molecule has 0 saturated heterocycles. The van der Waals surface area contributed by atoms with E-state index < -0.39 is 24.5 Å². The van der Waals surface area contributed by atoms with E-state index in [-0.39, 0.29) is 33.3 Å². The molecule has 1 radical (unpaired) electrons. The van der Waals surface area contributed by atoms with Crippen LogP contribution >= 0.6 is 23.2 Å². The Labute approximate surface area is 458 Å². The SMILES string of the molecule is CC(C)(C)c1ccc2oc3ccc4c(=O)n(-c5ccc(CCCC(=O)Oc6cc(Cl)c(/C(=C7\C=C8CCCc9ccccc9C8=N7)c7cc8c(n7[B-](F)F)-c7ccccc7CCC8)c(Cl)c6)cc5)c(=O)c5ccc(c2c1)c3c45. The number of pyridine rings is 1. The van der Waals surface area contributed by atoms with Crippen molar-refractivity contribution in [2.75, 3.05) is 0 Å². The lowest BCUT2D eigenvalue weighted by Gasteiger charge is -2.25. The minimum absolute atomic E-state index is 0.0507. The maximum absolute atomic E-state index is 15.8. The lowest BCUT2D eigenvalue weighted by molar-refractivity contribution is -0.134. The van der Waals surface area contributed by atoms with Crippen LogP contribution in [-0.4, -0.2) is 28.1 Å². The minimum Gasteiger partial charge on any atom is -0.484 e. The molecule has 0 atom stereocenters. The van der Waals surface area contributed by atoms with Crippen LogP contribution in [0.1, 0.15) is 97.5 Å². The van der Waals surface area contributed by atoms with Crippen molar-refractivity contribution in [2.45, 2.75) is 84.0 Å². The number of halogens is 4. The summed E-state index contributed by atoms with van der Waals surface area (Å²) >= 11 is 14.4. The van der Waals surface area contributed by atoms with Crippen molar-refractivity contribution in [3.05, 3.63) is 226 Å². The summed E-state index contributed by atoms with van der Waals surface area (Å²) in [6.07, 6.45) is 7.69. The molecule has 4 heterocycles. The first kappa shape index (κ1) is 49.7. The Morgan fingerprint density at radius 3 is 2.06 bits per heavy atom. The molecule has 387 valence electrons. The number of benzene rings is 7. The van der Waals surface area contributed by atoms with Gasteiger partial charge in [0.25, 0.3) is 11.1 Å². The maximum Gasteiger partial charge on any atom is 0.341 e. The highest BCUT2D eigenvalue weighted by atomic mass is 35.5. The van der Waals surface area contributed by atoms with Crippen LogP contribution in [0.4, 0.5) is 8.63 Å². The Hall–Kier alpha value is -7.86. The van der Waals surface area contributed by atoms with Gasteiger partial charge in [-0.1, -0.05) is 117 Å². The molecule has 13 rings (SSSR count). The standard InChI is InChI=1S/C65H50BCl2F2N3O5/c1-65(2,3)41-23-29-54-49(33-41)46-26-27-47-57-48(28-30-55(78-54)58(46)57)64(76)72(63(47)75)42-24-21-36(22-25-42)11-8-20-56(74)77-43-34-50(67)59(51(68)35-43)60(52-31-39-16-9-14-37-12-4-6-18-44(37)61(39)71-52)53-32-40-17-10-15-38-13-5-7-19-45(38)62(40)73(53)66(69)70/h4-7,12-13,18-19,21-35H,8-11,14-17,20H2,1-3H3/q-1/b60-52+. The molecule has 0 unspecified atom stereocenters. The van der Waals surface area contributed by atoms with Crippen LogP contribution in [0.25, 0.3) is 66.0 Å². The van der Waals surface area contributed by atoms with Crippen LogP contribution in [0.2, 0.25) is 10.0 Å². The number of ether oxygens (including phenoxy) is 1. The summed E-state index contributed by atoms with van der Waals surface area (Å²) in [5.74, 6) is -0.405. The molecule has 0 amide bonds. The van der Waals surface area contributed by atoms with Crippen molar-refractivity contribution in [3.63, 3.8) is 0 Å². The predicted octanol–water partition coefficient (Wildman–Crippen LogP) is 15.6. The Morgan fingerprint density at radius 1 is 0.705 bits per heavy atom. The highest BCUT2D eigenvalue weighted by Crippen LogP contribution is 2.47. The van der Waals surface area contributed by atoms with E-state index in [1.165, 1.54) is 22.3 Å². The first-order chi connectivity index (χ1) is 37.7. The largest absolute Gasteiger partial charge is 0.484 e. The molecule has 8 nitrogen and oxygen atoms in total. The van der Waals surface area contributed by atoms with Gasteiger partial charge in [-0.25, -0.2) is 9.56 Å². The van der Waals surface area contributed by atoms with E-state index in [1.54, 1.807) is 30.3 Å². The fourth-order valence-corrected chi connectivity index (χ4v) is 12.8. The highest BCUT2D eigenvalue weighted by Gasteiger charge is 2.31. The molecule has 13 heteroatoms. The molecule has 3 aliphatic rings. The summed E-state index contributed by atoms with van der Waals surface area (Å²) < 4.78 is 46.2.